The van der Waals surface area contributed by atoms with Gasteiger partial charge in [0.2, 0.25) is 0 Å². The molecule has 3 N–H and O–H groups in total. The standard InChI is InChI=1S/C12H15N5O2S/c1-8-6-11(16(2)15-8)20-7-9-4-3-5-10(17(18)19)12(9)14-13/h3-6,14H,7,13H2,1-2H3. The Labute approximate surface area is 120 Å². The summed E-state index contributed by atoms with van der Waals surface area (Å²) < 4.78 is 1.78. The topological polar surface area (TPSA) is 99.0 Å². The van der Waals surface area contributed by atoms with Gasteiger partial charge in [-0.05, 0) is 18.6 Å². The van der Waals surface area contributed by atoms with Gasteiger partial charge in [-0.3, -0.25) is 20.6 Å². The molecule has 0 radical (unpaired) electrons. The van der Waals surface area contributed by atoms with Crippen LogP contribution in [0.15, 0.2) is 29.3 Å². The Hall–Kier alpha value is -2.06. The summed E-state index contributed by atoms with van der Waals surface area (Å²) in [6.45, 7) is 1.92. The summed E-state index contributed by atoms with van der Waals surface area (Å²) in [5.74, 6) is 5.98. The van der Waals surface area contributed by atoms with Gasteiger partial charge in [0, 0.05) is 18.9 Å². The number of thioether (sulfide) groups is 1. The molecule has 0 aliphatic carbocycles. The van der Waals surface area contributed by atoms with Crippen molar-refractivity contribution in [3.05, 3.63) is 45.6 Å². The number of aromatic nitrogens is 2. The molecule has 0 saturated heterocycles. The fraction of sp³-hybridized carbons (Fsp3) is 0.250. The number of nitrogens with one attached hydrogen (secondary N) is 1. The molecule has 1 aromatic carbocycles. The lowest BCUT2D eigenvalue weighted by molar-refractivity contribution is -0.384. The van der Waals surface area contributed by atoms with Crippen LogP contribution in [0.5, 0.6) is 0 Å². The number of rotatable bonds is 5. The van der Waals surface area contributed by atoms with E-state index in [1.165, 1.54) is 6.07 Å². The largest absolute Gasteiger partial charge is 0.318 e. The van der Waals surface area contributed by atoms with E-state index in [1.54, 1.807) is 22.5 Å². The van der Waals surface area contributed by atoms with Crippen LogP contribution >= 0.6 is 11.8 Å². The molecule has 0 fully saturated rings. The van der Waals surface area contributed by atoms with E-state index in [4.69, 9.17) is 5.84 Å². The molecule has 2 aromatic rings. The van der Waals surface area contributed by atoms with Crippen LogP contribution in [-0.4, -0.2) is 14.7 Å². The highest BCUT2D eigenvalue weighted by molar-refractivity contribution is 7.98. The molecule has 0 bridgehead atoms. The number of nitrogens with zero attached hydrogens (tertiary/aromatic N) is 3. The number of nitro benzene ring substituents is 1. The summed E-state index contributed by atoms with van der Waals surface area (Å²) in [7, 11) is 1.87. The van der Waals surface area contributed by atoms with Gasteiger partial charge >= 0.3 is 0 Å². The molecule has 0 amide bonds. The third-order valence-electron chi connectivity index (χ3n) is 2.80. The van der Waals surface area contributed by atoms with Crippen LogP contribution in [0.1, 0.15) is 11.3 Å². The highest BCUT2D eigenvalue weighted by atomic mass is 32.2. The second-order valence-corrected chi connectivity index (χ2v) is 5.24. The Balaban J connectivity index is 2.23. The zero-order valence-corrected chi connectivity index (χ0v) is 12.0. The molecular formula is C12H15N5O2S. The molecule has 0 saturated carbocycles. The SMILES string of the molecule is Cc1cc(SCc2cccc([N+](=O)[O-])c2NN)n(C)n1. The number of nitrogen functional groups attached to an aromatic ring is 1. The van der Waals surface area contributed by atoms with Crippen LogP contribution in [0.25, 0.3) is 0 Å². The number of hydrogen-bond donors (Lipinski definition) is 2. The van der Waals surface area contributed by atoms with Gasteiger partial charge < -0.3 is 5.43 Å². The third kappa shape index (κ3) is 2.91. The zero-order chi connectivity index (χ0) is 14.7. The predicted molar refractivity (Wildman–Crippen MR) is 78.4 cm³/mol. The van der Waals surface area contributed by atoms with Gasteiger partial charge in [-0.15, -0.1) is 11.8 Å². The number of benzene rings is 1. The van der Waals surface area contributed by atoms with Crippen molar-refractivity contribution in [2.45, 2.75) is 17.7 Å². The molecule has 20 heavy (non-hydrogen) atoms. The average molecular weight is 293 g/mol. The Kier molecular flexibility index (Phi) is 4.26. The maximum atomic E-state index is 11.0. The van der Waals surface area contributed by atoms with Crippen molar-refractivity contribution < 1.29 is 4.92 Å². The maximum absolute atomic E-state index is 11.0. The van der Waals surface area contributed by atoms with Gasteiger partial charge in [-0.2, -0.15) is 5.10 Å². The molecule has 0 spiro atoms. The first-order chi connectivity index (χ1) is 9.52. The molecule has 0 atom stereocenters. The van der Waals surface area contributed by atoms with Crippen LogP contribution in [0.2, 0.25) is 0 Å². The molecule has 0 unspecified atom stereocenters. The van der Waals surface area contributed by atoms with Crippen molar-refractivity contribution in [2.24, 2.45) is 12.9 Å². The first kappa shape index (κ1) is 14.4. The van der Waals surface area contributed by atoms with Crippen LogP contribution < -0.4 is 11.3 Å². The minimum atomic E-state index is -0.447. The maximum Gasteiger partial charge on any atom is 0.293 e. The fourth-order valence-corrected chi connectivity index (χ4v) is 2.92. The van der Waals surface area contributed by atoms with Crippen molar-refractivity contribution in [2.75, 3.05) is 5.43 Å². The van der Waals surface area contributed by atoms with Gasteiger partial charge in [-0.25, -0.2) is 0 Å². The summed E-state index contributed by atoms with van der Waals surface area (Å²) in [5.41, 5.74) is 4.47. The highest BCUT2D eigenvalue weighted by Crippen LogP contribution is 2.32. The Morgan fingerprint density at radius 2 is 2.30 bits per heavy atom. The summed E-state index contributed by atoms with van der Waals surface area (Å²) in [6, 6.07) is 6.87. The van der Waals surface area contributed by atoms with Gasteiger partial charge in [0.05, 0.1) is 15.6 Å². The number of aryl methyl sites for hydroxylation is 2. The van der Waals surface area contributed by atoms with E-state index in [1.807, 2.05) is 26.1 Å². The second kappa shape index (κ2) is 5.93. The van der Waals surface area contributed by atoms with E-state index in [0.717, 1.165) is 16.3 Å². The van der Waals surface area contributed by atoms with Crippen molar-refractivity contribution in [3.8, 4) is 0 Å². The monoisotopic (exact) mass is 293 g/mol. The normalized spacial score (nSPS) is 10.6. The van der Waals surface area contributed by atoms with Crippen molar-refractivity contribution in [3.63, 3.8) is 0 Å². The lowest BCUT2D eigenvalue weighted by Crippen LogP contribution is -2.11. The van der Waals surface area contributed by atoms with Crippen LogP contribution in [0.4, 0.5) is 11.4 Å². The highest BCUT2D eigenvalue weighted by Gasteiger charge is 2.16. The molecular weight excluding hydrogens is 278 g/mol. The first-order valence-electron chi connectivity index (χ1n) is 5.89. The molecule has 106 valence electrons. The van der Waals surface area contributed by atoms with Crippen molar-refractivity contribution in [1.29, 1.82) is 0 Å². The summed E-state index contributed by atoms with van der Waals surface area (Å²) in [5, 5.41) is 16.2. The number of nitrogens with two attached hydrogens (primary N) is 1. The summed E-state index contributed by atoms with van der Waals surface area (Å²) in [4.78, 5) is 10.5. The Morgan fingerprint density at radius 1 is 1.55 bits per heavy atom. The second-order valence-electron chi connectivity index (χ2n) is 4.25. The number of para-hydroxylation sites is 1. The quantitative estimate of drug-likeness (QED) is 0.379. The van der Waals surface area contributed by atoms with Crippen LogP contribution in [-0.2, 0) is 12.8 Å². The average Bonchev–Trinajstić information content (AvgIpc) is 2.73. The van der Waals surface area contributed by atoms with Gasteiger partial charge in [-0.1, -0.05) is 12.1 Å². The summed E-state index contributed by atoms with van der Waals surface area (Å²) >= 11 is 1.55. The minimum absolute atomic E-state index is 0.0215. The number of nitro groups is 1. The number of hydrazine groups is 1. The van der Waals surface area contributed by atoms with E-state index in [0.29, 0.717) is 11.4 Å². The predicted octanol–water partition coefficient (Wildman–Crippen LogP) is 2.21. The van der Waals surface area contributed by atoms with E-state index in [2.05, 4.69) is 10.5 Å². The zero-order valence-electron chi connectivity index (χ0n) is 11.2. The van der Waals surface area contributed by atoms with E-state index in [-0.39, 0.29) is 5.69 Å². The molecule has 1 heterocycles. The molecule has 7 nitrogen and oxygen atoms in total. The molecule has 2 rings (SSSR count). The van der Waals surface area contributed by atoms with E-state index < -0.39 is 4.92 Å². The smallest absolute Gasteiger partial charge is 0.293 e. The van der Waals surface area contributed by atoms with Gasteiger partial charge in [0.15, 0.2) is 0 Å². The summed E-state index contributed by atoms with van der Waals surface area (Å²) in [6.07, 6.45) is 0. The fourth-order valence-electron chi connectivity index (χ4n) is 1.90. The van der Waals surface area contributed by atoms with Gasteiger partial charge in [0.25, 0.3) is 5.69 Å². The van der Waals surface area contributed by atoms with E-state index >= 15 is 0 Å². The van der Waals surface area contributed by atoms with Crippen LogP contribution in [0.3, 0.4) is 0 Å². The lowest BCUT2D eigenvalue weighted by Gasteiger charge is -2.09. The van der Waals surface area contributed by atoms with E-state index in [9.17, 15) is 10.1 Å². The Morgan fingerprint density at radius 3 is 2.85 bits per heavy atom. The lowest BCUT2D eigenvalue weighted by atomic mass is 10.2. The van der Waals surface area contributed by atoms with Crippen LogP contribution in [0, 0.1) is 17.0 Å². The first-order valence-corrected chi connectivity index (χ1v) is 6.88. The van der Waals surface area contributed by atoms with Gasteiger partial charge in [0.1, 0.15) is 5.69 Å². The van der Waals surface area contributed by atoms with Crippen molar-refractivity contribution in [1.82, 2.24) is 9.78 Å². The molecule has 8 heteroatoms. The number of anilines is 1. The molecule has 0 aliphatic rings. The Bertz CT molecular complexity index is 641. The molecule has 0 aliphatic heterocycles. The minimum Gasteiger partial charge on any atom is -0.318 e. The molecule has 1 aromatic heterocycles. The van der Waals surface area contributed by atoms with Crippen molar-refractivity contribution >= 4 is 23.1 Å². The number of hydrogen-bond acceptors (Lipinski definition) is 6. The third-order valence-corrected chi connectivity index (χ3v) is 3.94.